The zero-order valence-corrected chi connectivity index (χ0v) is 21.9. The Hall–Kier alpha value is -3.10. The zero-order chi connectivity index (χ0) is 26.2. The predicted molar refractivity (Wildman–Crippen MR) is 139 cm³/mol. The Morgan fingerprint density at radius 1 is 1.11 bits per heavy atom. The van der Waals surface area contributed by atoms with E-state index in [1.807, 2.05) is 36.0 Å². The molecule has 3 aliphatic rings. The third-order valence-electron chi connectivity index (χ3n) is 8.21. The normalized spacial score (nSPS) is 21.1. The van der Waals surface area contributed by atoms with E-state index in [0.717, 1.165) is 61.3 Å². The van der Waals surface area contributed by atoms with Gasteiger partial charge in [0.25, 0.3) is 0 Å². The molecule has 0 atom stereocenters. The maximum absolute atomic E-state index is 13.5. The standard InChI is InChI=1S/C29H35F2N5O2/c1-35-25(18-9-10-18)17-24(33-35)20-6-5-7-23(16-20)36(29(37)22-14-21(15-22)27(30)31)13-4-2-3-8-26-32-28(34-38-26)19-11-12-19/h5-7,16-19,21-22,27H,2-4,8-15H2,1H3. The number of rotatable bonds is 12. The van der Waals surface area contributed by atoms with Crippen molar-refractivity contribution in [1.82, 2.24) is 19.9 Å². The van der Waals surface area contributed by atoms with Crippen molar-refractivity contribution in [1.29, 1.82) is 0 Å². The van der Waals surface area contributed by atoms with E-state index in [1.54, 1.807) is 4.90 Å². The van der Waals surface area contributed by atoms with Crippen LogP contribution in [0.5, 0.6) is 0 Å². The molecule has 0 saturated heterocycles. The van der Waals surface area contributed by atoms with E-state index < -0.39 is 12.3 Å². The molecule has 202 valence electrons. The molecule has 1 amide bonds. The van der Waals surface area contributed by atoms with Crippen LogP contribution in [0.2, 0.25) is 0 Å². The maximum atomic E-state index is 13.5. The molecule has 1 aromatic carbocycles. The molecule has 9 heteroatoms. The summed E-state index contributed by atoms with van der Waals surface area (Å²) in [5.74, 6) is 1.53. The fourth-order valence-electron chi connectivity index (χ4n) is 5.47. The van der Waals surface area contributed by atoms with Crippen molar-refractivity contribution >= 4 is 11.6 Å². The summed E-state index contributed by atoms with van der Waals surface area (Å²) < 4.78 is 33.5. The predicted octanol–water partition coefficient (Wildman–Crippen LogP) is 6.26. The van der Waals surface area contributed by atoms with Gasteiger partial charge in [0.1, 0.15) is 0 Å². The zero-order valence-electron chi connectivity index (χ0n) is 21.9. The average Bonchev–Trinajstić information content (AvgIpc) is 3.81. The molecule has 2 heterocycles. The van der Waals surface area contributed by atoms with Crippen LogP contribution in [-0.2, 0) is 18.3 Å². The Morgan fingerprint density at radius 3 is 2.63 bits per heavy atom. The highest BCUT2D eigenvalue weighted by Crippen LogP contribution is 2.42. The smallest absolute Gasteiger partial charge is 0.241 e. The highest BCUT2D eigenvalue weighted by atomic mass is 19.3. The monoisotopic (exact) mass is 523 g/mol. The quantitative estimate of drug-likeness (QED) is 0.262. The second-order valence-electron chi connectivity index (χ2n) is 11.3. The van der Waals surface area contributed by atoms with Crippen molar-refractivity contribution in [3.05, 3.63) is 47.7 Å². The lowest BCUT2D eigenvalue weighted by atomic mass is 9.74. The summed E-state index contributed by atoms with van der Waals surface area (Å²) in [6.45, 7) is 0.546. The minimum Gasteiger partial charge on any atom is -0.339 e. The van der Waals surface area contributed by atoms with E-state index in [0.29, 0.717) is 24.3 Å². The number of unbranched alkanes of at least 4 members (excludes halogenated alkanes) is 2. The molecule has 3 fully saturated rings. The van der Waals surface area contributed by atoms with Gasteiger partial charge >= 0.3 is 0 Å². The lowest BCUT2D eigenvalue weighted by Gasteiger charge is -2.37. The van der Waals surface area contributed by atoms with Gasteiger partial charge in [0.05, 0.1) is 5.69 Å². The number of anilines is 1. The summed E-state index contributed by atoms with van der Waals surface area (Å²) >= 11 is 0. The summed E-state index contributed by atoms with van der Waals surface area (Å²) in [6, 6.07) is 10.1. The number of halogens is 2. The van der Waals surface area contributed by atoms with Gasteiger partial charge in [-0.3, -0.25) is 9.48 Å². The van der Waals surface area contributed by atoms with Gasteiger partial charge in [0.2, 0.25) is 18.2 Å². The number of alkyl halides is 2. The number of carbonyl (C=O) groups excluding carboxylic acids is 1. The lowest BCUT2D eigenvalue weighted by Crippen LogP contribution is -2.44. The Labute approximate surface area is 221 Å². The number of hydrogen-bond donors (Lipinski definition) is 0. The summed E-state index contributed by atoms with van der Waals surface area (Å²) in [5.41, 5.74) is 3.91. The van der Waals surface area contributed by atoms with Gasteiger partial charge in [-0.05, 0) is 69.6 Å². The molecular weight excluding hydrogens is 488 g/mol. The first-order chi connectivity index (χ1) is 18.5. The molecule has 0 bridgehead atoms. The SMILES string of the molecule is Cn1nc(-c2cccc(N(CCCCCc3nc(C4CC4)no3)C(=O)C3CC(C(F)F)C3)c2)cc1C1CC1. The second-order valence-corrected chi connectivity index (χ2v) is 11.3. The van der Waals surface area contributed by atoms with E-state index >= 15 is 0 Å². The van der Waals surface area contributed by atoms with Crippen molar-refractivity contribution in [2.75, 3.05) is 11.4 Å². The number of amides is 1. The summed E-state index contributed by atoms with van der Waals surface area (Å²) in [5, 5.41) is 8.80. The first kappa shape index (κ1) is 25.2. The molecule has 6 rings (SSSR count). The van der Waals surface area contributed by atoms with Gasteiger partial charge < -0.3 is 9.42 Å². The van der Waals surface area contributed by atoms with Gasteiger partial charge in [0.15, 0.2) is 5.82 Å². The molecular formula is C29H35F2N5O2. The van der Waals surface area contributed by atoms with Crippen LogP contribution in [0.25, 0.3) is 11.3 Å². The Balaban J connectivity index is 1.12. The highest BCUT2D eigenvalue weighted by molar-refractivity contribution is 5.96. The number of carbonyl (C=O) groups is 1. The van der Waals surface area contributed by atoms with Crippen molar-refractivity contribution in [3.63, 3.8) is 0 Å². The first-order valence-electron chi connectivity index (χ1n) is 14.0. The molecule has 3 saturated carbocycles. The van der Waals surface area contributed by atoms with Gasteiger partial charge in [-0.2, -0.15) is 10.1 Å². The minimum absolute atomic E-state index is 0.0512. The number of benzene rings is 1. The van der Waals surface area contributed by atoms with Crippen molar-refractivity contribution in [2.24, 2.45) is 18.9 Å². The van der Waals surface area contributed by atoms with Crippen LogP contribution >= 0.6 is 0 Å². The van der Waals surface area contributed by atoms with Crippen LogP contribution in [-0.4, -0.2) is 38.8 Å². The Bertz CT molecular complexity index is 1270. The maximum Gasteiger partial charge on any atom is 0.241 e. The fourth-order valence-corrected chi connectivity index (χ4v) is 5.47. The molecule has 7 nitrogen and oxygen atoms in total. The third-order valence-corrected chi connectivity index (χ3v) is 8.21. The van der Waals surface area contributed by atoms with Crippen LogP contribution < -0.4 is 4.90 Å². The molecule has 0 spiro atoms. The van der Waals surface area contributed by atoms with E-state index in [9.17, 15) is 13.6 Å². The molecule has 0 aliphatic heterocycles. The summed E-state index contributed by atoms with van der Waals surface area (Å²) in [7, 11) is 1.98. The average molecular weight is 524 g/mol. The van der Waals surface area contributed by atoms with Gasteiger partial charge in [-0.25, -0.2) is 8.78 Å². The van der Waals surface area contributed by atoms with Crippen LogP contribution in [0, 0.1) is 11.8 Å². The summed E-state index contributed by atoms with van der Waals surface area (Å²) in [6.07, 6.45) is 6.19. The van der Waals surface area contributed by atoms with Gasteiger partial charge in [0, 0.05) is 60.6 Å². The fraction of sp³-hybridized carbons (Fsp3) is 0.586. The van der Waals surface area contributed by atoms with E-state index in [4.69, 9.17) is 9.62 Å². The second kappa shape index (κ2) is 10.6. The molecule has 3 aromatic rings. The van der Waals surface area contributed by atoms with Gasteiger partial charge in [-0.15, -0.1) is 0 Å². The van der Waals surface area contributed by atoms with Crippen LogP contribution in [0.4, 0.5) is 14.5 Å². The number of hydrogen-bond acceptors (Lipinski definition) is 5. The molecule has 2 aromatic heterocycles. The highest BCUT2D eigenvalue weighted by Gasteiger charge is 2.41. The number of nitrogens with zero attached hydrogens (tertiary/aromatic N) is 5. The minimum atomic E-state index is -2.36. The first-order valence-corrected chi connectivity index (χ1v) is 14.0. The van der Waals surface area contributed by atoms with E-state index in [-0.39, 0.29) is 24.7 Å². The number of aryl methyl sites for hydroxylation is 2. The lowest BCUT2D eigenvalue weighted by molar-refractivity contribution is -0.129. The van der Waals surface area contributed by atoms with Crippen LogP contribution in [0.1, 0.15) is 87.0 Å². The van der Waals surface area contributed by atoms with Crippen molar-refractivity contribution in [3.8, 4) is 11.3 Å². The topological polar surface area (TPSA) is 77.1 Å². The van der Waals surface area contributed by atoms with Crippen LogP contribution in [0.3, 0.4) is 0 Å². The van der Waals surface area contributed by atoms with E-state index in [2.05, 4.69) is 16.2 Å². The molecule has 0 unspecified atom stereocenters. The third kappa shape index (κ3) is 5.52. The molecule has 0 radical (unpaired) electrons. The Morgan fingerprint density at radius 2 is 1.89 bits per heavy atom. The van der Waals surface area contributed by atoms with E-state index in [1.165, 1.54) is 18.5 Å². The van der Waals surface area contributed by atoms with Crippen molar-refractivity contribution < 1.29 is 18.1 Å². The van der Waals surface area contributed by atoms with Gasteiger partial charge in [-0.1, -0.05) is 23.7 Å². The van der Waals surface area contributed by atoms with Crippen LogP contribution in [0.15, 0.2) is 34.9 Å². The number of aromatic nitrogens is 4. The van der Waals surface area contributed by atoms with Crippen molar-refractivity contribution in [2.45, 2.75) is 82.5 Å². The Kier molecular flexibility index (Phi) is 7.01. The molecule has 3 aliphatic carbocycles. The molecule has 0 N–H and O–H groups in total. The largest absolute Gasteiger partial charge is 0.339 e. The summed E-state index contributed by atoms with van der Waals surface area (Å²) in [4.78, 5) is 19.8. The molecule has 38 heavy (non-hydrogen) atoms.